The summed E-state index contributed by atoms with van der Waals surface area (Å²) in [6, 6.07) is 0. The molecule has 0 aromatic heterocycles. The maximum atomic E-state index is 10.3. The van der Waals surface area contributed by atoms with E-state index >= 15 is 0 Å². The third-order valence-electron chi connectivity index (χ3n) is 0.875. The van der Waals surface area contributed by atoms with Crippen molar-refractivity contribution in [1.29, 1.82) is 0 Å². The summed E-state index contributed by atoms with van der Waals surface area (Å²) in [5.74, 6) is -0.541. The van der Waals surface area contributed by atoms with Crippen molar-refractivity contribution in [3.05, 3.63) is 0 Å². The monoisotopic (exact) mass is 254 g/mol. The van der Waals surface area contributed by atoms with Crippen LogP contribution in [0, 0.1) is 0 Å². The van der Waals surface area contributed by atoms with E-state index in [1.807, 2.05) is 0 Å². The van der Waals surface area contributed by atoms with Gasteiger partial charge in [0.15, 0.2) is 0 Å². The van der Waals surface area contributed by atoms with E-state index < -0.39 is 30.6 Å². The maximum Gasteiger partial charge on any atom is 0.285 e. The lowest BCUT2D eigenvalue weighted by atomic mass is 10.9. The highest BCUT2D eigenvalue weighted by atomic mass is 33.1. The highest BCUT2D eigenvalue weighted by Gasteiger charge is 2.34. The van der Waals surface area contributed by atoms with E-state index in [0.29, 0.717) is 10.8 Å². The molecular weight excluding hydrogens is 248 g/mol. The van der Waals surface area contributed by atoms with Crippen LogP contribution >= 0.6 is 22.5 Å². The molecule has 0 aromatic carbocycles. The van der Waals surface area contributed by atoms with Crippen LogP contribution < -0.4 is 0 Å². The summed E-state index contributed by atoms with van der Waals surface area (Å²) < 4.78 is 55.8. The molecule has 12 heavy (non-hydrogen) atoms. The molecule has 0 aliphatic rings. The molecule has 0 aliphatic heterocycles. The van der Waals surface area contributed by atoms with Gasteiger partial charge in [-0.25, -0.2) is 0 Å². The lowest BCUT2D eigenvalue weighted by molar-refractivity contribution is 0.459. The standard InChI is InChI=1S/C2H6O6S4/c3-11(4,5)2(1-10-9)12(6,7)8/h2,9H,1H2,(H,3,4,5)(H,6,7,8). The van der Waals surface area contributed by atoms with Crippen LogP contribution in [0.5, 0.6) is 0 Å². The summed E-state index contributed by atoms with van der Waals surface area (Å²) in [5.41, 5.74) is 0. The number of rotatable bonds is 4. The van der Waals surface area contributed by atoms with E-state index in [1.54, 1.807) is 0 Å². The molecule has 0 amide bonds. The fourth-order valence-electron chi connectivity index (χ4n) is 0.386. The molecule has 0 aliphatic carbocycles. The van der Waals surface area contributed by atoms with E-state index in [-0.39, 0.29) is 0 Å². The largest absolute Gasteiger partial charge is 0.285 e. The molecule has 0 rings (SSSR count). The molecule has 0 saturated heterocycles. The lowest BCUT2D eigenvalue weighted by Crippen LogP contribution is -2.31. The van der Waals surface area contributed by atoms with Crippen LogP contribution in [0.3, 0.4) is 0 Å². The van der Waals surface area contributed by atoms with Gasteiger partial charge in [-0.3, -0.25) is 9.11 Å². The lowest BCUT2D eigenvalue weighted by Gasteiger charge is -2.07. The van der Waals surface area contributed by atoms with Crippen LogP contribution in [0.15, 0.2) is 0 Å². The van der Waals surface area contributed by atoms with Crippen molar-refractivity contribution in [3.8, 4) is 0 Å². The molecule has 0 radical (unpaired) electrons. The van der Waals surface area contributed by atoms with Gasteiger partial charge >= 0.3 is 0 Å². The van der Waals surface area contributed by atoms with Gasteiger partial charge in [0.2, 0.25) is 4.58 Å². The van der Waals surface area contributed by atoms with Crippen molar-refractivity contribution < 1.29 is 25.9 Å². The molecule has 6 nitrogen and oxygen atoms in total. The van der Waals surface area contributed by atoms with Gasteiger partial charge in [-0.1, -0.05) is 10.8 Å². The van der Waals surface area contributed by atoms with Crippen molar-refractivity contribution >= 4 is 42.7 Å². The summed E-state index contributed by atoms with van der Waals surface area (Å²) in [4.78, 5) is 0. The molecule has 10 heteroatoms. The molecule has 0 fully saturated rings. The zero-order chi connectivity index (χ0) is 9.99. The fourth-order valence-corrected chi connectivity index (χ4v) is 4.57. The molecule has 0 atom stereocenters. The van der Waals surface area contributed by atoms with Gasteiger partial charge in [-0.05, 0) is 0 Å². The first-order valence-corrected chi connectivity index (χ1v) is 7.43. The molecule has 0 aromatic rings. The van der Waals surface area contributed by atoms with Crippen molar-refractivity contribution in [2.24, 2.45) is 0 Å². The van der Waals surface area contributed by atoms with Crippen LogP contribution in [-0.2, 0) is 20.2 Å². The van der Waals surface area contributed by atoms with Crippen LogP contribution in [0.4, 0.5) is 0 Å². The van der Waals surface area contributed by atoms with Gasteiger partial charge in [-0.2, -0.15) is 16.8 Å². The number of hydrogen-bond acceptors (Lipinski definition) is 6. The molecule has 0 bridgehead atoms. The Morgan fingerprint density at radius 2 is 1.50 bits per heavy atom. The Labute approximate surface area is 79.0 Å². The molecule has 0 spiro atoms. The Kier molecular flexibility index (Phi) is 4.33. The van der Waals surface area contributed by atoms with Crippen molar-refractivity contribution in [3.63, 3.8) is 0 Å². The quantitative estimate of drug-likeness (QED) is 0.358. The van der Waals surface area contributed by atoms with Crippen molar-refractivity contribution in [2.45, 2.75) is 4.58 Å². The van der Waals surface area contributed by atoms with Gasteiger partial charge in [0, 0.05) is 5.75 Å². The third kappa shape index (κ3) is 3.96. The van der Waals surface area contributed by atoms with Gasteiger partial charge in [0.1, 0.15) is 0 Å². The normalized spacial score (nSPS) is 13.7. The highest BCUT2D eigenvalue weighted by Crippen LogP contribution is 2.16. The Morgan fingerprint density at radius 3 is 1.58 bits per heavy atom. The molecular formula is C2H6O6S4. The minimum Gasteiger partial charge on any atom is -0.284 e. The highest BCUT2D eigenvalue weighted by molar-refractivity contribution is 8.68. The molecule has 0 unspecified atom stereocenters. The van der Waals surface area contributed by atoms with E-state index in [4.69, 9.17) is 9.11 Å². The average Bonchev–Trinajstić information content (AvgIpc) is 1.77. The van der Waals surface area contributed by atoms with Gasteiger partial charge in [0.05, 0.1) is 0 Å². The molecule has 0 heterocycles. The summed E-state index contributed by atoms with van der Waals surface area (Å²) in [5, 5.41) is 0. The first kappa shape index (κ1) is 12.5. The summed E-state index contributed by atoms with van der Waals surface area (Å²) >= 11 is 3.49. The van der Waals surface area contributed by atoms with Crippen molar-refractivity contribution in [1.82, 2.24) is 0 Å². The Morgan fingerprint density at radius 1 is 1.17 bits per heavy atom. The Balaban J connectivity index is 4.97. The van der Waals surface area contributed by atoms with Crippen molar-refractivity contribution in [2.75, 3.05) is 5.75 Å². The third-order valence-corrected chi connectivity index (χ3v) is 5.35. The minimum absolute atomic E-state index is 0.541. The topological polar surface area (TPSA) is 109 Å². The van der Waals surface area contributed by atoms with Gasteiger partial charge in [-0.15, -0.1) is 11.7 Å². The summed E-state index contributed by atoms with van der Waals surface area (Å²) in [7, 11) is -9.01. The second kappa shape index (κ2) is 4.15. The SMILES string of the molecule is O=S(=O)(O)C(CSS)S(=O)(=O)O. The van der Waals surface area contributed by atoms with E-state index in [0.717, 1.165) is 0 Å². The molecule has 0 saturated carbocycles. The summed E-state index contributed by atoms with van der Waals surface area (Å²) in [6.07, 6.45) is 0. The van der Waals surface area contributed by atoms with Crippen LogP contribution in [0.1, 0.15) is 0 Å². The zero-order valence-corrected chi connectivity index (χ0v) is 8.83. The predicted molar refractivity (Wildman–Crippen MR) is 48.3 cm³/mol. The Bertz CT molecular complexity index is 293. The van der Waals surface area contributed by atoms with E-state index in [1.165, 1.54) is 0 Å². The second-order valence-electron chi connectivity index (χ2n) is 1.76. The van der Waals surface area contributed by atoms with E-state index in [9.17, 15) is 16.8 Å². The number of hydrogen-bond donors (Lipinski definition) is 3. The van der Waals surface area contributed by atoms with Crippen LogP contribution in [0.25, 0.3) is 0 Å². The van der Waals surface area contributed by atoms with Crippen LogP contribution in [-0.4, -0.2) is 36.3 Å². The zero-order valence-electron chi connectivity index (χ0n) is 5.48. The van der Waals surface area contributed by atoms with E-state index in [2.05, 4.69) is 11.7 Å². The minimum atomic E-state index is -4.79. The molecule has 74 valence electrons. The average molecular weight is 254 g/mol. The second-order valence-corrected chi connectivity index (χ2v) is 6.62. The van der Waals surface area contributed by atoms with Gasteiger partial charge in [0.25, 0.3) is 20.2 Å². The van der Waals surface area contributed by atoms with Gasteiger partial charge < -0.3 is 0 Å². The molecule has 2 N–H and O–H groups in total. The first-order valence-electron chi connectivity index (χ1n) is 2.38. The van der Waals surface area contributed by atoms with Crippen LogP contribution in [0.2, 0.25) is 0 Å². The summed E-state index contributed by atoms with van der Waals surface area (Å²) in [6.45, 7) is 0. The predicted octanol–water partition coefficient (Wildman–Crippen LogP) is -0.334. The smallest absolute Gasteiger partial charge is 0.284 e. The maximum absolute atomic E-state index is 10.3. The Hall–Kier alpha value is 0.520. The first-order chi connectivity index (χ1) is 5.19. The fraction of sp³-hybridized carbons (Fsp3) is 1.00. The number of thiol groups is 1.